The molecule has 4 aliphatic carbocycles. The van der Waals surface area contributed by atoms with Crippen LogP contribution >= 0.6 is 0 Å². The second kappa shape index (κ2) is 4.35. The molecular weight excluding hydrogens is 384 g/mol. The lowest BCUT2D eigenvalue weighted by atomic mass is 9.34. The quantitative estimate of drug-likeness (QED) is 0.269. The fraction of sp³-hybridized carbons (Fsp3) is 0.700. The summed E-state index contributed by atoms with van der Waals surface area (Å²) in [5.41, 5.74) is -2.85. The number of epoxide rings is 1. The van der Waals surface area contributed by atoms with Gasteiger partial charge in [0, 0.05) is 12.0 Å². The molecule has 0 radical (unpaired) electrons. The predicted molar refractivity (Wildman–Crippen MR) is 87.6 cm³/mol. The Balaban J connectivity index is 1.29. The van der Waals surface area contributed by atoms with E-state index >= 15 is 0 Å². The first-order chi connectivity index (χ1) is 13.9. The number of carbonyl (C=O) groups is 4. The van der Waals surface area contributed by atoms with Crippen molar-refractivity contribution in [3.63, 3.8) is 0 Å². The Morgan fingerprint density at radius 2 is 2.03 bits per heavy atom. The first kappa shape index (κ1) is 16.4. The molecule has 9 heteroatoms. The molecule has 11 unspecified atom stereocenters. The molecule has 0 aromatic heterocycles. The average Bonchev–Trinajstić information content (AvgIpc) is 3.13. The molecule has 3 heterocycles. The summed E-state index contributed by atoms with van der Waals surface area (Å²) >= 11 is 0. The highest BCUT2D eigenvalue weighted by atomic mass is 16.7. The van der Waals surface area contributed by atoms with Crippen LogP contribution in [-0.2, 0) is 42.9 Å². The van der Waals surface area contributed by atoms with Crippen molar-refractivity contribution in [1.29, 1.82) is 0 Å². The molecule has 0 amide bonds. The summed E-state index contributed by atoms with van der Waals surface area (Å²) in [5, 5.41) is 0. The molecule has 0 aromatic carbocycles. The molecule has 0 aromatic rings. The molecule has 11 atom stereocenters. The third-order valence-electron chi connectivity index (χ3n) is 8.77. The molecule has 152 valence electrons. The van der Waals surface area contributed by atoms with Gasteiger partial charge in [0.2, 0.25) is 0 Å². The Morgan fingerprint density at radius 3 is 2.79 bits per heavy atom. The topological polar surface area (TPSA) is 118 Å². The highest BCUT2D eigenvalue weighted by Gasteiger charge is 3.09. The zero-order chi connectivity index (χ0) is 20.1. The fourth-order valence-corrected chi connectivity index (χ4v) is 8.29. The van der Waals surface area contributed by atoms with Crippen molar-refractivity contribution in [2.45, 2.75) is 55.9 Å². The van der Waals surface area contributed by atoms with Gasteiger partial charge in [-0.3, -0.25) is 9.59 Å². The van der Waals surface area contributed by atoms with Crippen LogP contribution in [-0.4, -0.2) is 60.0 Å². The van der Waals surface area contributed by atoms with Gasteiger partial charge in [-0.2, -0.15) is 0 Å². The van der Waals surface area contributed by atoms with E-state index in [1.807, 2.05) is 0 Å². The molecule has 3 aliphatic heterocycles. The third kappa shape index (κ3) is 1.25. The third-order valence-corrected chi connectivity index (χ3v) is 8.77. The minimum Gasteiger partial charge on any atom is -0.462 e. The zero-order valence-corrected chi connectivity index (χ0v) is 15.5. The average molecular weight is 402 g/mol. The molecule has 9 nitrogen and oxygen atoms in total. The molecule has 3 saturated heterocycles. The van der Waals surface area contributed by atoms with Crippen molar-refractivity contribution in [1.82, 2.24) is 0 Å². The van der Waals surface area contributed by atoms with Crippen molar-refractivity contribution >= 4 is 23.9 Å². The highest BCUT2D eigenvalue weighted by molar-refractivity contribution is 6.00. The van der Waals surface area contributed by atoms with E-state index in [-0.39, 0.29) is 30.0 Å². The fourth-order valence-electron chi connectivity index (χ4n) is 8.29. The molecular formula is C20H18O9. The number of hydrogen-bond donors (Lipinski definition) is 0. The molecule has 7 fully saturated rings. The Kier molecular flexibility index (Phi) is 2.46. The molecule has 29 heavy (non-hydrogen) atoms. The van der Waals surface area contributed by atoms with Crippen LogP contribution in [0.4, 0.5) is 0 Å². The Morgan fingerprint density at radius 1 is 1.24 bits per heavy atom. The van der Waals surface area contributed by atoms with Crippen LogP contribution in [0.5, 0.6) is 0 Å². The SMILES string of the molecule is C=CC(=O)OC(C)C(=O)OC1C2OC(=O)C34C5CC6OC(=O)C3(C6C5)C1C41OC21. The van der Waals surface area contributed by atoms with Crippen LogP contribution in [0.15, 0.2) is 12.7 Å². The van der Waals surface area contributed by atoms with Crippen LogP contribution in [0.3, 0.4) is 0 Å². The molecule has 3 spiro atoms. The van der Waals surface area contributed by atoms with Crippen molar-refractivity contribution in [2.75, 3.05) is 0 Å². The lowest BCUT2D eigenvalue weighted by Crippen LogP contribution is -2.79. The highest BCUT2D eigenvalue weighted by Crippen LogP contribution is 2.94. The molecule has 0 N–H and O–H groups in total. The van der Waals surface area contributed by atoms with Gasteiger partial charge >= 0.3 is 23.9 Å². The lowest BCUT2D eigenvalue weighted by molar-refractivity contribution is -0.245. The maximum Gasteiger partial charge on any atom is 0.347 e. The Hall–Kier alpha value is -2.42. The van der Waals surface area contributed by atoms with Crippen LogP contribution in [0.25, 0.3) is 0 Å². The number of hydrogen-bond acceptors (Lipinski definition) is 9. The molecule has 7 aliphatic rings. The number of fused-ring (bicyclic) bond motifs is 1. The number of esters is 4. The Labute approximate surface area is 164 Å². The zero-order valence-electron chi connectivity index (χ0n) is 15.5. The van der Waals surface area contributed by atoms with Crippen molar-refractivity contribution < 1.29 is 42.9 Å². The van der Waals surface area contributed by atoms with Gasteiger partial charge in [0.15, 0.2) is 12.2 Å². The lowest BCUT2D eigenvalue weighted by Gasteiger charge is -2.62. The second-order valence-electron chi connectivity index (χ2n) is 9.26. The smallest absolute Gasteiger partial charge is 0.347 e. The van der Waals surface area contributed by atoms with Gasteiger partial charge in [0.1, 0.15) is 34.7 Å². The van der Waals surface area contributed by atoms with Gasteiger partial charge in [-0.1, -0.05) is 6.58 Å². The van der Waals surface area contributed by atoms with Crippen LogP contribution in [0, 0.1) is 28.6 Å². The summed E-state index contributed by atoms with van der Waals surface area (Å²) in [6, 6.07) is 0. The van der Waals surface area contributed by atoms with Gasteiger partial charge in [-0.05, 0) is 25.7 Å². The summed E-state index contributed by atoms with van der Waals surface area (Å²) in [6.07, 6.45) is -0.960. The van der Waals surface area contributed by atoms with Crippen LogP contribution in [0.1, 0.15) is 19.8 Å². The normalized spacial score (nSPS) is 56.4. The summed E-state index contributed by atoms with van der Waals surface area (Å²) in [7, 11) is 0. The number of ether oxygens (including phenoxy) is 5. The molecule has 4 bridgehead atoms. The van der Waals surface area contributed by atoms with E-state index in [9.17, 15) is 19.2 Å². The summed E-state index contributed by atoms with van der Waals surface area (Å²) in [5.74, 6) is -2.87. The van der Waals surface area contributed by atoms with Crippen molar-refractivity contribution in [2.24, 2.45) is 28.6 Å². The van der Waals surface area contributed by atoms with E-state index in [4.69, 9.17) is 23.7 Å². The second-order valence-corrected chi connectivity index (χ2v) is 9.26. The van der Waals surface area contributed by atoms with Gasteiger partial charge in [-0.25, -0.2) is 9.59 Å². The largest absolute Gasteiger partial charge is 0.462 e. The molecule has 4 saturated carbocycles. The van der Waals surface area contributed by atoms with Gasteiger partial charge in [0.25, 0.3) is 0 Å². The van der Waals surface area contributed by atoms with Crippen molar-refractivity contribution in [3.8, 4) is 0 Å². The van der Waals surface area contributed by atoms with E-state index in [0.29, 0.717) is 6.42 Å². The van der Waals surface area contributed by atoms with Gasteiger partial charge < -0.3 is 23.7 Å². The van der Waals surface area contributed by atoms with E-state index in [1.165, 1.54) is 6.92 Å². The van der Waals surface area contributed by atoms with Crippen LogP contribution in [0.2, 0.25) is 0 Å². The minimum absolute atomic E-state index is 0.0134. The Bertz CT molecular complexity index is 958. The standard InChI is InChI=1S/C20H18O9/c1-3-10(21)25-6(2)15(22)27-11-12-14-20(29-14)13(11)18-8-4-7(5-9(8)26-16(18)23)19(18,20)17(24)28-12/h3,6-9,11-14H,1,4-5H2,2H3. The maximum absolute atomic E-state index is 13.3. The first-order valence-corrected chi connectivity index (χ1v) is 9.99. The summed E-state index contributed by atoms with van der Waals surface area (Å²) < 4.78 is 28.1. The van der Waals surface area contributed by atoms with E-state index in [2.05, 4.69) is 6.58 Å². The van der Waals surface area contributed by atoms with E-state index < -0.39 is 58.6 Å². The van der Waals surface area contributed by atoms with Gasteiger partial charge in [0.05, 0.1) is 5.92 Å². The van der Waals surface area contributed by atoms with Crippen LogP contribution < -0.4 is 0 Å². The maximum atomic E-state index is 13.3. The minimum atomic E-state index is -1.16. The van der Waals surface area contributed by atoms with E-state index in [1.54, 1.807) is 0 Å². The number of carbonyl (C=O) groups excluding carboxylic acids is 4. The monoisotopic (exact) mass is 402 g/mol. The molecule has 7 rings (SSSR count). The van der Waals surface area contributed by atoms with E-state index in [0.717, 1.165) is 12.5 Å². The number of rotatable bonds is 4. The predicted octanol–water partition coefficient (Wildman–Crippen LogP) is -0.340. The first-order valence-electron chi connectivity index (χ1n) is 9.99. The summed E-state index contributed by atoms with van der Waals surface area (Å²) in [6.45, 7) is 4.70. The van der Waals surface area contributed by atoms with Gasteiger partial charge in [-0.15, -0.1) is 0 Å². The van der Waals surface area contributed by atoms with Crippen molar-refractivity contribution in [3.05, 3.63) is 12.7 Å². The summed E-state index contributed by atoms with van der Waals surface area (Å²) in [4.78, 5) is 50.4.